The van der Waals surface area contributed by atoms with Crippen LogP contribution in [0.1, 0.15) is 49.0 Å². The van der Waals surface area contributed by atoms with E-state index in [-0.39, 0.29) is 5.91 Å². The number of piperazine rings is 1. The van der Waals surface area contributed by atoms with Crippen molar-refractivity contribution in [1.82, 2.24) is 15.2 Å². The van der Waals surface area contributed by atoms with Gasteiger partial charge in [0.2, 0.25) is 0 Å². The van der Waals surface area contributed by atoms with Crippen molar-refractivity contribution in [3.05, 3.63) is 24.0 Å². The largest absolute Gasteiger partial charge is 0.493 e. The van der Waals surface area contributed by atoms with E-state index in [0.717, 1.165) is 50.9 Å². The third-order valence-electron chi connectivity index (χ3n) is 4.87. The van der Waals surface area contributed by atoms with E-state index in [2.05, 4.69) is 10.3 Å². The molecule has 1 saturated heterocycles. The summed E-state index contributed by atoms with van der Waals surface area (Å²) in [4.78, 5) is 18.5. The molecule has 0 spiro atoms. The van der Waals surface area contributed by atoms with Gasteiger partial charge in [0.05, 0.1) is 6.61 Å². The quantitative estimate of drug-likeness (QED) is 0.906. The highest BCUT2D eigenvalue weighted by molar-refractivity contribution is 5.92. The number of hydrogen-bond acceptors (Lipinski definition) is 4. The Morgan fingerprint density at radius 1 is 1.26 bits per heavy atom. The fourth-order valence-electron chi connectivity index (χ4n) is 3.47. The molecule has 23 heavy (non-hydrogen) atoms. The van der Waals surface area contributed by atoms with Crippen LogP contribution in [0, 0.1) is 5.92 Å². The van der Waals surface area contributed by atoms with E-state index in [1.54, 1.807) is 12.3 Å². The standard InChI is InChI=1S/C18H27N3O2/c22-18(21-11-9-19-10-12-21)17-14-16(6-8-20-17)23-13-7-15-4-2-1-3-5-15/h6,8,14-15,19H,1-5,7,9-13H2. The first-order chi connectivity index (χ1) is 11.3. The van der Waals surface area contributed by atoms with Crippen molar-refractivity contribution in [2.45, 2.75) is 38.5 Å². The molecule has 1 aromatic rings. The van der Waals surface area contributed by atoms with Crippen molar-refractivity contribution in [3.8, 4) is 5.75 Å². The summed E-state index contributed by atoms with van der Waals surface area (Å²) in [7, 11) is 0. The zero-order valence-corrected chi connectivity index (χ0v) is 13.8. The Hall–Kier alpha value is -1.62. The van der Waals surface area contributed by atoms with Crippen molar-refractivity contribution in [1.29, 1.82) is 0 Å². The lowest BCUT2D eigenvalue weighted by Gasteiger charge is -2.27. The van der Waals surface area contributed by atoms with E-state index in [0.29, 0.717) is 5.69 Å². The zero-order chi connectivity index (χ0) is 15.9. The molecule has 1 N–H and O–H groups in total. The molecule has 5 heteroatoms. The van der Waals surface area contributed by atoms with Crippen LogP contribution in [0.4, 0.5) is 0 Å². The molecule has 1 aliphatic heterocycles. The van der Waals surface area contributed by atoms with Gasteiger partial charge in [-0.15, -0.1) is 0 Å². The summed E-state index contributed by atoms with van der Waals surface area (Å²) in [6.45, 7) is 3.92. The first-order valence-electron chi connectivity index (χ1n) is 8.92. The van der Waals surface area contributed by atoms with Crippen molar-refractivity contribution >= 4 is 5.91 Å². The molecule has 1 aliphatic carbocycles. The number of carbonyl (C=O) groups excluding carboxylic acids is 1. The summed E-state index contributed by atoms with van der Waals surface area (Å²) < 4.78 is 5.86. The Bertz CT molecular complexity index is 509. The van der Waals surface area contributed by atoms with Gasteiger partial charge in [-0.3, -0.25) is 9.78 Å². The second-order valence-electron chi connectivity index (χ2n) is 6.56. The van der Waals surface area contributed by atoms with Gasteiger partial charge in [-0.1, -0.05) is 32.1 Å². The smallest absolute Gasteiger partial charge is 0.272 e. The second-order valence-corrected chi connectivity index (χ2v) is 6.56. The molecular weight excluding hydrogens is 290 g/mol. The Balaban J connectivity index is 1.51. The Morgan fingerprint density at radius 2 is 2.04 bits per heavy atom. The Morgan fingerprint density at radius 3 is 2.83 bits per heavy atom. The van der Waals surface area contributed by atoms with Crippen LogP contribution in [0.2, 0.25) is 0 Å². The summed E-state index contributed by atoms with van der Waals surface area (Å²) in [5, 5.41) is 3.25. The third kappa shape index (κ3) is 4.67. The number of pyridine rings is 1. The van der Waals surface area contributed by atoms with E-state index in [4.69, 9.17) is 4.74 Å². The summed E-state index contributed by atoms with van der Waals surface area (Å²) in [5.74, 6) is 1.58. The van der Waals surface area contributed by atoms with Crippen LogP contribution >= 0.6 is 0 Å². The minimum Gasteiger partial charge on any atom is -0.493 e. The first kappa shape index (κ1) is 16.2. The summed E-state index contributed by atoms with van der Waals surface area (Å²) in [6.07, 6.45) is 9.58. The predicted molar refractivity (Wildman–Crippen MR) is 89.7 cm³/mol. The number of ether oxygens (including phenoxy) is 1. The van der Waals surface area contributed by atoms with Crippen LogP contribution in [0.3, 0.4) is 0 Å². The average Bonchev–Trinajstić information content (AvgIpc) is 2.63. The third-order valence-corrected chi connectivity index (χ3v) is 4.87. The summed E-state index contributed by atoms with van der Waals surface area (Å²) in [5.41, 5.74) is 0.488. The van der Waals surface area contributed by atoms with Gasteiger partial charge in [0.25, 0.3) is 5.91 Å². The van der Waals surface area contributed by atoms with Gasteiger partial charge >= 0.3 is 0 Å². The number of rotatable bonds is 5. The van der Waals surface area contributed by atoms with Gasteiger partial charge < -0.3 is 15.0 Å². The molecule has 1 saturated carbocycles. The lowest BCUT2D eigenvalue weighted by Crippen LogP contribution is -2.46. The molecule has 3 rings (SSSR count). The van der Waals surface area contributed by atoms with E-state index < -0.39 is 0 Å². The topological polar surface area (TPSA) is 54.5 Å². The molecule has 0 atom stereocenters. The number of nitrogens with zero attached hydrogens (tertiary/aromatic N) is 2. The molecule has 2 aliphatic rings. The van der Waals surface area contributed by atoms with Crippen molar-refractivity contribution in [2.24, 2.45) is 5.92 Å². The molecule has 2 heterocycles. The van der Waals surface area contributed by atoms with E-state index in [1.807, 2.05) is 11.0 Å². The van der Waals surface area contributed by atoms with Crippen LogP contribution in [0.15, 0.2) is 18.3 Å². The van der Waals surface area contributed by atoms with Gasteiger partial charge in [-0.05, 0) is 18.4 Å². The molecule has 0 radical (unpaired) electrons. The molecule has 0 unspecified atom stereocenters. The number of hydrogen-bond donors (Lipinski definition) is 1. The maximum atomic E-state index is 12.5. The summed E-state index contributed by atoms with van der Waals surface area (Å²) in [6, 6.07) is 3.63. The van der Waals surface area contributed by atoms with Crippen LogP contribution in [-0.4, -0.2) is 48.6 Å². The molecule has 126 valence electrons. The monoisotopic (exact) mass is 317 g/mol. The van der Waals surface area contributed by atoms with Gasteiger partial charge in [0.1, 0.15) is 11.4 Å². The summed E-state index contributed by atoms with van der Waals surface area (Å²) >= 11 is 0. The first-order valence-corrected chi connectivity index (χ1v) is 8.92. The zero-order valence-electron chi connectivity index (χ0n) is 13.8. The molecule has 5 nitrogen and oxygen atoms in total. The normalized spacial score (nSPS) is 19.6. The number of nitrogens with one attached hydrogen (secondary N) is 1. The fourth-order valence-corrected chi connectivity index (χ4v) is 3.47. The molecule has 2 fully saturated rings. The number of amides is 1. The van der Waals surface area contributed by atoms with E-state index in [1.165, 1.54) is 32.1 Å². The van der Waals surface area contributed by atoms with Crippen LogP contribution < -0.4 is 10.1 Å². The van der Waals surface area contributed by atoms with Gasteiger partial charge in [-0.25, -0.2) is 0 Å². The maximum Gasteiger partial charge on any atom is 0.272 e. The Labute approximate surface area is 138 Å². The van der Waals surface area contributed by atoms with Crippen molar-refractivity contribution in [3.63, 3.8) is 0 Å². The Kier molecular flexibility index (Phi) is 5.86. The van der Waals surface area contributed by atoms with Gasteiger partial charge in [-0.2, -0.15) is 0 Å². The molecule has 0 bridgehead atoms. The van der Waals surface area contributed by atoms with E-state index >= 15 is 0 Å². The highest BCUT2D eigenvalue weighted by Gasteiger charge is 2.19. The van der Waals surface area contributed by atoms with Gasteiger partial charge in [0.15, 0.2) is 0 Å². The second kappa shape index (κ2) is 8.29. The molecular formula is C18H27N3O2. The van der Waals surface area contributed by atoms with Crippen molar-refractivity contribution < 1.29 is 9.53 Å². The fraction of sp³-hybridized carbons (Fsp3) is 0.667. The van der Waals surface area contributed by atoms with Crippen LogP contribution in [0.5, 0.6) is 5.75 Å². The highest BCUT2D eigenvalue weighted by Crippen LogP contribution is 2.26. The SMILES string of the molecule is O=C(c1cc(OCCC2CCCCC2)ccn1)N1CCNCC1. The molecule has 1 amide bonds. The van der Waals surface area contributed by atoms with Crippen molar-refractivity contribution in [2.75, 3.05) is 32.8 Å². The van der Waals surface area contributed by atoms with Gasteiger partial charge in [0, 0.05) is 38.4 Å². The minimum atomic E-state index is 0.00392. The van der Waals surface area contributed by atoms with Crippen LogP contribution in [-0.2, 0) is 0 Å². The average molecular weight is 317 g/mol. The predicted octanol–water partition coefficient (Wildman–Crippen LogP) is 2.48. The number of aromatic nitrogens is 1. The number of carbonyl (C=O) groups is 1. The molecule has 1 aromatic heterocycles. The lowest BCUT2D eigenvalue weighted by atomic mass is 9.87. The molecule has 0 aromatic carbocycles. The van der Waals surface area contributed by atoms with E-state index in [9.17, 15) is 4.79 Å². The highest BCUT2D eigenvalue weighted by atomic mass is 16.5. The minimum absolute atomic E-state index is 0.00392. The maximum absolute atomic E-state index is 12.5. The lowest BCUT2D eigenvalue weighted by molar-refractivity contribution is 0.0729. The van der Waals surface area contributed by atoms with Crippen LogP contribution in [0.25, 0.3) is 0 Å².